The van der Waals surface area contributed by atoms with E-state index in [0.29, 0.717) is 4.47 Å². The molecule has 0 aliphatic carbocycles. The highest BCUT2D eigenvalue weighted by molar-refractivity contribution is 9.10. The number of fused-ring (bicyclic) bond motifs is 1. The molecular formula is C17H14BrCl2NO4S. The standard InChI is InChI=1S/C17H14BrCl2NO4S/c1-25-17(22)12-9-21(8-10-4-2-3-5-11(10)12)26(23,24)14-7-6-13(18)15(19)16(14)20/h2-7,12H,8-9H2,1H3. The number of rotatable bonds is 3. The third-order valence-electron chi connectivity index (χ3n) is 4.27. The summed E-state index contributed by atoms with van der Waals surface area (Å²) in [5.74, 6) is -1.19. The van der Waals surface area contributed by atoms with Gasteiger partial charge in [-0.3, -0.25) is 4.79 Å². The van der Waals surface area contributed by atoms with Crippen molar-refractivity contribution in [1.29, 1.82) is 0 Å². The minimum atomic E-state index is -3.96. The number of esters is 1. The van der Waals surface area contributed by atoms with Gasteiger partial charge in [0.2, 0.25) is 10.0 Å². The Morgan fingerprint density at radius 3 is 2.58 bits per heavy atom. The second kappa shape index (κ2) is 7.48. The molecule has 0 saturated carbocycles. The van der Waals surface area contributed by atoms with Gasteiger partial charge >= 0.3 is 5.97 Å². The first-order valence-corrected chi connectivity index (χ1v) is 10.6. The molecule has 0 saturated heterocycles. The van der Waals surface area contributed by atoms with E-state index < -0.39 is 21.9 Å². The van der Waals surface area contributed by atoms with Gasteiger partial charge < -0.3 is 4.74 Å². The largest absolute Gasteiger partial charge is 0.469 e. The molecule has 2 aromatic carbocycles. The van der Waals surface area contributed by atoms with Gasteiger partial charge in [0.25, 0.3) is 0 Å². The van der Waals surface area contributed by atoms with Crippen LogP contribution in [0.25, 0.3) is 0 Å². The topological polar surface area (TPSA) is 63.7 Å². The van der Waals surface area contributed by atoms with Crippen LogP contribution in [0.5, 0.6) is 0 Å². The van der Waals surface area contributed by atoms with Crippen molar-refractivity contribution >= 4 is 55.1 Å². The molecule has 1 aliphatic heterocycles. The molecule has 26 heavy (non-hydrogen) atoms. The molecular weight excluding hydrogens is 465 g/mol. The Morgan fingerprint density at radius 2 is 1.88 bits per heavy atom. The van der Waals surface area contributed by atoms with Crippen LogP contribution >= 0.6 is 39.1 Å². The predicted octanol–water partition coefficient (Wildman–Crippen LogP) is 4.22. The Kier molecular flexibility index (Phi) is 5.65. The molecule has 1 aliphatic rings. The molecule has 1 heterocycles. The lowest BCUT2D eigenvalue weighted by Gasteiger charge is -2.32. The number of carbonyl (C=O) groups is 1. The molecule has 9 heteroatoms. The Morgan fingerprint density at radius 1 is 1.19 bits per heavy atom. The lowest BCUT2D eigenvalue weighted by molar-refractivity contribution is -0.142. The summed E-state index contributed by atoms with van der Waals surface area (Å²) in [6.07, 6.45) is 0. The number of sulfonamides is 1. The van der Waals surface area contributed by atoms with Gasteiger partial charge in [0.05, 0.1) is 23.1 Å². The molecule has 1 atom stereocenters. The normalized spacial score (nSPS) is 17.6. The van der Waals surface area contributed by atoms with Crippen LogP contribution in [0.15, 0.2) is 45.8 Å². The van der Waals surface area contributed by atoms with Gasteiger partial charge in [-0.1, -0.05) is 47.5 Å². The van der Waals surface area contributed by atoms with Gasteiger partial charge in [-0.2, -0.15) is 4.31 Å². The monoisotopic (exact) mass is 477 g/mol. The molecule has 5 nitrogen and oxygen atoms in total. The van der Waals surface area contributed by atoms with Gasteiger partial charge in [-0.25, -0.2) is 8.42 Å². The average Bonchev–Trinajstić information content (AvgIpc) is 2.64. The minimum Gasteiger partial charge on any atom is -0.469 e. The van der Waals surface area contributed by atoms with Crippen LogP contribution in [0, 0.1) is 0 Å². The molecule has 138 valence electrons. The number of carbonyl (C=O) groups excluding carboxylic acids is 1. The SMILES string of the molecule is COC(=O)C1CN(S(=O)(=O)c2ccc(Br)c(Cl)c2Cl)Cc2ccccc21. The highest BCUT2D eigenvalue weighted by Crippen LogP contribution is 2.38. The van der Waals surface area contributed by atoms with Crippen LogP contribution in [0.1, 0.15) is 17.0 Å². The Labute approximate surface area is 170 Å². The van der Waals surface area contributed by atoms with Crippen molar-refractivity contribution in [3.05, 3.63) is 62.0 Å². The van der Waals surface area contributed by atoms with E-state index in [2.05, 4.69) is 15.9 Å². The summed E-state index contributed by atoms with van der Waals surface area (Å²) in [6.45, 7) is 0.103. The lowest BCUT2D eigenvalue weighted by Crippen LogP contribution is -2.41. The fourth-order valence-corrected chi connectivity index (χ4v) is 5.57. The van der Waals surface area contributed by atoms with Crippen LogP contribution in [0.4, 0.5) is 0 Å². The van der Waals surface area contributed by atoms with Crippen molar-refractivity contribution in [2.75, 3.05) is 13.7 Å². The highest BCUT2D eigenvalue weighted by atomic mass is 79.9. The molecule has 0 bridgehead atoms. The van der Waals surface area contributed by atoms with Crippen LogP contribution < -0.4 is 0 Å². The number of nitrogens with zero attached hydrogens (tertiary/aromatic N) is 1. The number of hydrogen-bond donors (Lipinski definition) is 0. The van der Waals surface area contributed by atoms with E-state index in [1.807, 2.05) is 12.1 Å². The smallest absolute Gasteiger partial charge is 0.314 e. The van der Waals surface area contributed by atoms with Crippen LogP contribution in [-0.2, 0) is 26.1 Å². The summed E-state index contributed by atoms with van der Waals surface area (Å²) in [7, 11) is -2.68. The van der Waals surface area contributed by atoms with Crippen molar-refractivity contribution in [3.8, 4) is 0 Å². The van der Waals surface area contributed by atoms with Gasteiger partial charge in [-0.15, -0.1) is 0 Å². The summed E-state index contributed by atoms with van der Waals surface area (Å²) < 4.78 is 32.9. The van der Waals surface area contributed by atoms with E-state index >= 15 is 0 Å². The van der Waals surface area contributed by atoms with Crippen LogP contribution in [0.2, 0.25) is 10.0 Å². The third kappa shape index (κ3) is 3.39. The quantitative estimate of drug-likeness (QED) is 0.489. The summed E-state index contributed by atoms with van der Waals surface area (Å²) in [5.41, 5.74) is 1.52. The van der Waals surface area contributed by atoms with Crippen LogP contribution in [0.3, 0.4) is 0 Å². The average molecular weight is 479 g/mol. The van der Waals surface area contributed by atoms with Gasteiger partial charge in [0.1, 0.15) is 4.90 Å². The zero-order valence-corrected chi connectivity index (χ0v) is 17.5. The van der Waals surface area contributed by atoms with Crippen molar-refractivity contribution in [1.82, 2.24) is 4.31 Å². The second-order valence-corrected chi connectivity index (χ2v) is 9.26. The first-order chi connectivity index (χ1) is 12.3. The fraction of sp³-hybridized carbons (Fsp3) is 0.235. The molecule has 1 unspecified atom stereocenters. The molecule has 0 amide bonds. The fourth-order valence-electron chi connectivity index (χ4n) is 2.95. The van der Waals surface area contributed by atoms with Gasteiger partial charge in [0, 0.05) is 17.6 Å². The predicted molar refractivity (Wildman–Crippen MR) is 103 cm³/mol. The molecule has 0 aromatic heterocycles. The van der Waals surface area contributed by atoms with E-state index in [0.717, 1.165) is 11.1 Å². The molecule has 0 spiro atoms. The van der Waals surface area contributed by atoms with Crippen molar-refractivity contribution in [3.63, 3.8) is 0 Å². The van der Waals surface area contributed by atoms with Gasteiger partial charge in [0.15, 0.2) is 0 Å². The molecule has 0 fully saturated rings. The van der Waals surface area contributed by atoms with E-state index in [4.69, 9.17) is 27.9 Å². The maximum absolute atomic E-state index is 13.2. The number of benzene rings is 2. The van der Waals surface area contributed by atoms with E-state index in [-0.39, 0.29) is 28.0 Å². The van der Waals surface area contributed by atoms with Crippen molar-refractivity contribution in [2.24, 2.45) is 0 Å². The lowest BCUT2D eigenvalue weighted by atomic mass is 9.91. The molecule has 3 rings (SSSR count). The van der Waals surface area contributed by atoms with Crippen molar-refractivity contribution < 1.29 is 17.9 Å². The van der Waals surface area contributed by atoms with E-state index in [1.54, 1.807) is 12.1 Å². The Balaban J connectivity index is 2.07. The maximum Gasteiger partial charge on any atom is 0.314 e. The number of methoxy groups -OCH3 is 1. The highest BCUT2D eigenvalue weighted by Gasteiger charge is 2.38. The van der Waals surface area contributed by atoms with Crippen molar-refractivity contribution in [2.45, 2.75) is 17.4 Å². The zero-order chi connectivity index (χ0) is 19.1. The summed E-state index contributed by atoms with van der Waals surface area (Å²) in [6, 6.07) is 10.1. The number of halogens is 3. The maximum atomic E-state index is 13.2. The first-order valence-electron chi connectivity index (χ1n) is 7.56. The first kappa shape index (κ1) is 19.6. The summed E-state index contributed by atoms with van der Waals surface area (Å²) >= 11 is 15.5. The Hall–Kier alpha value is -1.12. The third-order valence-corrected chi connectivity index (χ3v) is 8.00. The second-order valence-electron chi connectivity index (χ2n) is 5.75. The molecule has 2 aromatic rings. The van der Waals surface area contributed by atoms with E-state index in [1.165, 1.54) is 23.5 Å². The number of hydrogen-bond acceptors (Lipinski definition) is 4. The van der Waals surface area contributed by atoms with Gasteiger partial charge in [-0.05, 0) is 39.2 Å². The minimum absolute atomic E-state index is 0.0317. The Bertz CT molecular complexity index is 981. The van der Waals surface area contributed by atoms with E-state index in [9.17, 15) is 13.2 Å². The molecule has 0 N–H and O–H groups in total. The molecule has 0 radical (unpaired) electrons. The summed E-state index contributed by atoms with van der Waals surface area (Å²) in [5, 5.41) is 0.0594. The number of ether oxygens (including phenoxy) is 1. The summed E-state index contributed by atoms with van der Waals surface area (Å²) in [4.78, 5) is 12.1. The van der Waals surface area contributed by atoms with Crippen LogP contribution in [-0.4, -0.2) is 32.3 Å². The zero-order valence-electron chi connectivity index (χ0n) is 13.6.